The van der Waals surface area contributed by atoms with Crippen LogP contribution < -0.4 is 0 Å². The molecule has 7 nitrogen and oxygen atoms in total. The highest BCUT2D eigenvalue weighted by molar-refractivity contribution is 6.69. The van der Waals surface area contributed by atoms with Crippen molar-refractivity contribution >= 4 is 26.2 Å². The van der Waals surface area contributed by atoms with Gasteiger partial charge in [-0.1, -0.05) is 12.2 Å². The highest BCUT2D eigenvalue weighted by atomic mass is 28.4. The summed E-state index contributed by atoms with van der Waals surface area (Å²) < 4.78 is 22.9. The van der Waals surface area contributed by atoms with Crippen LogP contribution in [0.2, 0.25) is 19.6 Å². The van der Waals surface area contributed by atoms with Gasteiger partial charge in [-0.25, -0.2) is 0 Å². The molecule has 0 aromatic carbocycles. The predicted octanol–water partition coefficient (Wildman–Crippen LogP) is 4.12. The number of methoxy groups -OCH3 is 3. The van der Waals surface area contributed by atoms with Crippen LogP contribution >= 0.6 is 0 Å². The average molecular weight is 493 g/mol. The largest absolute Gasteiger partial charge is 0.469 e. The first kappa shape index (κ1) is 25.4. The van der Waals surface area contributed by atoms with Crippen molar-refractivity contribution in [3.8, 4) is 0 Å². The molecule has 4 aliphatic rings. The van der Waals surface area contributed by atoms with Gasteiger partial charge in [-0.2, -0.15) is 0 Å². The van der Waals surface area contributed by atoms with Gasteiger partial charge in [0.1, 0.15) is 0 Å². The second kappa shape index (κ2) is 8.19. The lowest BCUT2D eigenvalue weighted by Crippen LogP contribution is -2.62. The Balaban J connectivity index is 2.01. The molecule has 4 aliphatic carbocycles. The van der Waals surface area contributed by atoms with E-state index in [0.717, 1.165) is 24.8 Å². The molecule has 0 aromatic heterocycles. The molecule has 4 fully saturated rings. The number of esters is 3. The van der Waals surface area contributed by atoms with Crippen LogP contribution in [0.4, 0.5) is 0 Å². The zero-order valence-corrected chi connectivity index (χ0v) is 22.7. The summed E-state index contributed by atoms with van der Waals surface area (Å²) in [5, 5.41) is 0. The summed E-state index contributed by atoms with van der Waals surface area (Å²) in [7, 11) is 2.10. The van der Waals surface area contributed by atoms with Crippen LogP contribution in [-0.2, 0) is 33.0 Å². The van der Waals surface area contributed by atoms with Crippen molar-refractivity contribution in [3.05, 3.63) is 12.2 Å². The van der Waals surface area contributed by atoms with E-state index in [0.29, 0.717) is 25.2 Å². The van der Waals surface area contributed by atoms with E-state index in [1.165, 1.54) is 21.3 Å². The van der Waals surface area contributed by atoms with Gasteiger partial charge in [-0.3, -0.25) is 14.4 Å². The summed E-state index contributed by atoms with van der Waals surface area (Å²) in [6, 6.07) is 0. The number of hydrogen-bond acceptors (Lipinski definition) is 7. The Morgan fingerprint density at radius 3 is 2.18 bits per heavy atom. The fourth-order valence-corrected chi connectivity index (χ4v) is 9.98. The van der Waals surface area contributed by atoms with Gasteiger partial charge in [0.15, 0.2) is 8.32 Å². The number of ether oxygens (including phenoxy) is 3. The van der Waals surface area contributed by atoms with Crippen LogP contribution in [0.3, 0.4) is 0 Å². The van der Waals surface area contributed by atoms with Gasteiger partial charge < -0.3 is 18.6 Å². The number of hydrogen-bond donors (Lipinski definition) is 0. The Hall–Kier alpha value is -1.67. The minimum absolute atomic E-state index is 0.0890. The normalized spacial score (nSPS) is 43.0. The molecule has 0 amide bonds. The van der Waals surface area contributed by atoms with Crippen LogP contribution in [0, 0.1) is 39.9 Å². The molecule has 0 N–H and O–H groups in total. The lowest BCUT2D eigenvalue weighted by molar-refractivity contribution is -0.194. The summed E-state index contributed by atoms with van der Waals surface area (Å²) in [4.78, 5) is 41.2. The monoisotopic (exact) mass is 492 g/mol. The van der Waals surface area contributed by atoms with E-state index in [4.69, 9.17) is 18.6 Å². The van der Waals surface area contributed by atoms with E-state index in [1.54, 1.807) is 0 Å². The molecule has 34 heavy (non-hydrogen) atoms. The summed E-state index contributed by atoms with van der Waals surface area (Å²) in [5.41, 5.74) is -1.52. The molecular formula is C26H40O7Si. The number of carbonyl (C=O) groups excluding carboxylic acids is 3. The minimum Gasteiger partial charge on any atom is -0.469 e. The predicted molar refractivity (Wildman–Crippen MR) is 128 cm³/mol. The molecule has 0 radical (unpaired) electrons. The van der Waals surface area contributed by atoms with Crippen LogP contribution in [0.15, 0.2) is 12.2 Å². The molecule has 8 heteroatoms. The standard InChI is InChI=1S/C26H40O7Si/c1-15-13-25-14-16(15)9-10-17(25)26(23(29)32-5)12-11-18(33-34(6,7)8)24(2,22(28)31-4)20(26)19(25)21(27)30-3/h16-20H,1,9-14H2,2-8H3/t16-,17?,18+,19-,20?,24?,25+,26-/m1/s1. The Labute approximate surface area is 204 Å². The van der Waals surface area contributed by atoms with Crippen LogP contribution in [0.1, 0.15) is 45.4 Å². The van der Waals surface area contributed by atoms with Crippen molar-refractivity contribution in [3.63, 3.8) is 0 Å². The van der Waals surface area contributed by atoms with E-state index in [2.05, 4.69) is 26.2 Å². The molecule has 0 aliphatic heterocycles. The van der Waals surface area contributed by atoms with Gasteiger partial charge in [0.25, 0.3) is 0 Å². The minimum atomic E-state index is -2.08. The van der Waals surface area contributed by atoms with Crippen LogP contribution in [0.25, 0.3) is 0 Å². The Morgan fingerprint density at radius 1 is 0.971 bits per heavy atom. The topological polar surface area (TPSA) is 88.1 Å². The van der Waals surface area contributed by atoms with E-state index in [-0.39, 0.29) is 17.9 Å². The number of fused-ring (bicyclic) bond motifs is 3. The first-order valence-electron chi connectivity index (χ1n) is 12.4. The molecule has 4 rings (SSSR count). The van der Waals surface area contributed by atoms with Crippen molar-refractivity contribution in [1.29, 1.82) is 0 Å². The fraction of sp³-hybridized carbons (Fsp3) is 0.808. The first-order chi connectivity index (χ1) is 15.8. The second-order valence-electron chi connectivity index (χ2n) is 12.1. The maximum absolute atomic E-state index is 13.8. The maximum Gasteiger partial charge on any atom is 0.314 e. The second-order valence-corrected chi connectivity index (χ2v) is 16.6. The third-order valence-corrected chi connectivity index (χ3v) is 10.7. The lowest BCUT2D eigenvalue weighted by Gasteiger charge is -2.54. The molecule has 0 aromatic rings. The third-order valence-electron chi connectivity index (χ3n) is 9.66. The van der Waals surface area contributed by atoms with Gasteiger partial charge in [-0.05, 0) is 82.3 Å². The SMILES string of the molecule is C=C1C[C@]23C[C@H]1CCC2[C@]1(C(=O)OC)CC[C@H](O[Si](C)(C)C)C(C)(C(=O)OC)C1[C@@H]3C(=O)OC. The van der Waals surface area contributed by atoms with Crippen molar-refractivity contribution in [2.75, 3.05) is 21.3 Å². The highest BCUT2D eigenvalue weighted by Crippen LogP contribution is 2.78. The molecule has 3 unspecified atom stereocenters. The van der Waals surface area contributed by atoms with Crippen molar-refractivity contribution < 1.29 is 33.0 Å². The van der Waals surface area contributed by atoms with Crippen molar-refractivity contribution in [2.24, 2.45) is 39.9 Å². The molecule has 2 bridgehead atoms. The average Bonchev–Trinajstić information content (AvgIpc) is 3.20. The molecule has 8 atom stereocenters. The van der Waals surface area contributed by atoms with E-state index < -0.39 is 48.5 Å². The summed E-state index contributed by atoms with van der Waals surface area (Å²) >= 11 is 0. The van der Waals surface area contributed by atoms with Gasteiger partial charge in [0.2, 0.25) is 0 Å². The molecule has 0 heterocycles. The molecule has 190 valence electrons. The highest BCUT2D eigenvalue weighted by Gasteiger charge is 2.81. The maximum atomic E-state index is 13.8. The first-order valence-corrected chi connectivity index (χ1v) is 15.8. The lowest BCUT2D eigenvalue weighted by atomic mass is 9.51. The fourth-order valence-electron chi connectivity index (χ4n) is 8.77. The third kappa shape index (κ3) is 3.20. The summed E-state index contributed by atoms with van der Waals surface area (Å²) in [6.07, 6.45) is 3.80. The van der Waals surface area contributed by atoms with Gasteiger partial charge in [-0.15, -0.1) is 0 Å². The van der Waals surface area contributed by atoms with Crippen LogP contribution in [0.5, 0.6) is 0 Å². The molecule has 4 saturated carbocycles. The zero-order valence-electron chi connectivity index (χ0n) is 21.7. The van der Waals surface area contributed by atoms with Crippen molar-refractivity contribution in [2.45, 2.75) is 71.2 Å². The van der Waals surface area contributed by atoms with Gasteiger partial charge in [0, 0.05) is 5.92 Å². The summed E-state index contributed by atoms with van der Waals surface area (Å²) in [6.45, 7) is 12.5. The van der Waals surface area contributed by atoms with E-state index in [1.807, 2.05) is 6.92 Å². The Bertz CT molecular complexity index is 909. The number of allylic oxidation sites excluding steroid dienone is 1. The summed E-state index contributed by atoms with van der Waals surface area (Å²) in [5.74, 6) is -2.17. The molecular weight excluding hydrogens is 452 g/mol. The Morgan fingerprint density at radius 2 is 1.62 bits per heavy atom. The van der Waals surface area contributed by atoms with Crippen LogP contribution in [-0.4, -0.2) is 53.7 Å². The van der Waals surface area contributed by atoms with Gasteiger partial charge in [0.05, 0.1) is 44.2 Å². The van der Waals surface area contributed by atoms with E-state index in [9.17, 15) is 14.4 Å². The van der Waals surface area contributed by atoms with E-state index >= 15 is 0 Å². The molecule has 1 spiro atoms. The van der Waals surface area contributed by atoms with Crippen molar-refractivity contribution in [1.82, 2.24) is 0 Å². The number of carbonyl (C=O) groups is 3. The molecule has 0 saturated heterocycles. The smallest absolute Gasteiger partial charge is 0.314 e. The quantitative estimate of drug-likeness (QED) is 0.247. The zero-order chi connectivity index (χ0) is 25.3. The van der Waals surface area contributed by atoms with Gasteiger partial charge >= 0.3 is 17.9 Å². The Kier molecular flexibility index (Phi) is 6.12. The number of rotatable bonds is 5.